The molecule has 1 atom stereocenters. The molecule has 1 aliphatic rings. The van der Waals surface area contributed by atoms with E-state index < -0.39 is 0 Å². The molecule has 2 heteroatoms. The standard InChI is InChI=1S/C36H48N2/c1-2-3-4-5-6-7-8-9-10-11-21-28-35-31-38(30-29-37-35)36(32-22-15-12-16-23-32,33-24-17-13-18-25-33)34-26-19-14-20-27-34/h5-6,12-20,22-27,35,37H,2-4,7-11,21,28-31H2,1H3/b6-5+. The minimum Gasteiger partial charge on any atom is -0.311 e. The number of unbranched alkanes of at least 4 members (excludes halogenated alkanes) is 7. The van der Waals surface area contributed by atoms with Gasteiger partial charge in [0.15, 0.2) is 0 Å². The van der Waals surface area contributed by atoms with Gasteiger partial charge < -0.3 is 5.32 Å². The van der Waals surface area contributed by atoms with Crippen molar-refractivity contribution in [2.24, 2.45) is 0 Å². The van der Waals surface area contributed by atoms with Gasteiger partial charge in [-0.05, 0) is 42.4 Å². The van der Waals surface area contributed by atoms with E-state index in [0.29, 0.717) is 6.04 Å². The summed E-state index contributed by atoms with van der Waals surface area (Å²) in [6.07, 6.45) is 17.9. The number of rotatable bonds is 15. The van der Waals surface area contributed by atoms with E-state index in [2.05, 4.69) is 120 Å². The molecule has 0 aliphatic carbocycles. The number of hydrogen-bond acceptors (Lipinski definition) is 2. The molecule has 1 heterocycles. The number of allylic oxidation sites excluding steroid dienone is 2. The first-order valence-corrected chi connectivity index (χ1v) is 15.2. The van der Waals surface area contributed by atoms with E-state index in [1.54, 1.807) is 0 Å². The van der Waals surface area contributed by atoms with E-state index in [-0.39, 0.29) is 5.54 Å². The Labute approximate surface area is 232 Å². The van der Waals surface area contributed by atoms with E-state index in [1.807, 2.05) is 0 Å². The second kappa shape index (κ2) is 15.7. The Morgan fingerprint density at radius 3 is 1.74 bits per heavy atom. The van der Waals surface area contributed by atoms with Crippen molar-refractivity contribution in [3.63, 3.8) is 0 Å². The highest BCUT2D eigenvalue weighted by Gasteiger charge is 2.43. The Kier molecular flexibility index (Phi) is 11.7. The molecular formula is C36H48N2. The molecule has 1 unspecified atom stereocenters. The summed E-state index contributed by atoms with van der Waals surface area (Å²) < 4.78 is 0. The highest BCUT2D eigenvalue weighted by atomic mass is 15.3. The molecule has 4 rings (SSSR count). The van der Waals surface area contributed by atoms with Crippen molar-refractivity contribution in [1.29, 1.82) is 0 Å². The summed E-state index contributed by atoms with van der Waals surface area (Å²) in [4.78, 5) is 2.75. The Balaban J connectivity index is 1.42. The predicted molar refractivity (Wildman–Crippen MR) is 164 cm³/mol. The zero-order chi connectivity index (χ0) is 26.3. The first kappa shape index (κ1) is 28.3. The maximum absolute atomic E-state index is 3.86. The van der Waals surface area contributed by atoms with Crippen molar-refractivity contribution in [2.45, 2.75) is 82.7 Å². The maximum Gasteiger partial charge on any atom is 0.0973 e. The Morgan fingerprint density at radius 1 is 0.684 bits per heavy atom. The predicted octanol–water partition coefficient (Wildman–Crippen LogP) is 8.73. The topological polar surface area (TPSA) is 15.3 Å². The Bertz CT molecular complexity index is 948. The summed E-state index contributed by atoms with van der Waals surface area (Å²) in [5.74, 6) is 0. The highest BCUT2D eigenvalue weighted by molar-refractivity contribution is 5.49. The number of nitrogens with zero attached hydrogens (tertiary/aromatic N) is 1. The van der Waals surface area contributed by atoms with Gasteiger partial charge in [0.05, 0.1) is 5.54 Å². The summed E-state index contributed by atoms with van der Waals surface area (Å²) in [6, 6.07) is 34.0. The number of hydrogen-bond donors (Lipinski definition) is 1. The molecule has 0 spiro atoms. The van der Waals surface area contributed by atoms with Crippen LogP contribution in [0.1, 0.15) is 87.8 Å². The van der Waals surface area contributed by atoms with Crippen LogP contribution in [-0.2, 0) is 5.54 Å². The molecule has 0 bridgehead atoms. The lowest BCUT2D eigenvalue weighted by Crippen LogP contribution is -2.59. The molecule has 1 aliphatic heterocycles. The second-order valence-corrected chi connectivity index (χ2v) is 10.9. The minimum atomic E-state index is -0.297. The largest absolute Gasteiger partial charge is 0.311 e. The zero-order valence-corrected chi connectivity index (χ0v) is 23.5. The molecule has 0 saturated carbocycles. The van der Waals surface area contributed by atoms with Crippen molar-refractivity contribution in [3.8, 4) is 0 Å². The van der Waals surface area contributed by atoms with Gasteiger partial charge in [-0.15, -0.1) is 0 Å². The molecule has 38 heavy (non-hydrogen) atoms. The third kappa shape index (κ3) is 7.46. The van der Waals surface area contributed by atoms with Crippen molar-refractivity contribution in [1.82, 2.24) is 10.2 Å². The van der Waals surface area contributed by atoms with E-state index in [1.165, 1.54) is 80.9 Å². The van der Waals surface area contributed by atoms with Crippen LogP contribution in [0.25, 0.3) is 0 Å². The zero-order valence-electron chi connectivity index (χ0n) is 23.5. The molecule has 3 aromatic rings. The molecule has 0 aromatic heterocycles. The van der Waals surface area contributed by atoms with Crippen molar-refractivity contribution in [3.05, 3.63) is 120 Å². The minimum absolute atomic E-state index is 0.297. The first-order chi connectivity index (χ1) is 18.9. The normalized spacial score (nSPS) is 16.7. The van der Waals surface area contributed by atoms with Crippen molar-refractivity contribution < 1.29 is 0 Å². The average molecular weight is 509 g/mol. The van der Waals surface area contributed by atoms with Gasteiger partial charge in [-0.2, -0.15) is 0 Å². The van der Waals surface area contributed by atoms with E-state index >= 15 is 0 Å². The molecule has 0 radical (unpaired) electrons. The van der Waals surface area contributed by atoms with Gasteiger partial charge in [0.1, 0.15) is 0 Å². The van der Waals surface area contributed by atoms with Crippen LogP contribution in [0.2, 0.25) is 0 Å². The van der Waals surface area contributed by atoms with Gasteiger partial charge in [-0.25, -0.2) is 0 Å². The summed E-state index contributed by atoms with van der Waals surface area (Å²) in [5, 5.41) is 3.86. The summed E-state index contributed by atoms with van der Waals surface area (Å²) >= 11 is 0. The van der Waals surface area contributed by atoms with Gasteiger partial charge in [-0.3, -0.25) is 4.90 Å². The monoisotopic (exact) mass is 508 g/mol. The fourth-order valence-corrected chi connectivity index (χ4v) is 6.15. The van der Waals surface area contributed by atoms with Crippen LogP contribution in [-0.4, -0.2) is 30.6 Å². The van der Waals surface area contributed by atoms with E-state index in [9.17, 15) is 0 Å². The quantitative estimate of drug-likeness (QED) is 0.125. The van der Waals surface area contributed by atoms with Crippen LogP contribution in [0, 0.1) is 0 Å². The smallest absolute Gasteiger partial charge is 0.0973 e. The third-order valence-corrected chi connectivity index (χ3v) is 8.12. The highest BCUT2D eigenvalue weighted by Crippen LogP contribution is 2.43. The van der Waals surface area contributed by atoms with Gasteiger partial charge >= 0.3 is 0 Å². The first-order valence-electron chi connectivity index (χ1n) is 15.2. The van der Waals surface area contributed by atoms with Crippen LogP contribution in [0.5, 0.6) is 0 Å². The fourth-order valence-electron chi connectivity index (χ4n) is 6.15. The van der Waals surface area contributed by atoms with Gasteiger partial charge in [0.2, 0.25) is 0 Å². The summed E-state index contributed by atoms with van der Waals surface area (Å²) in [5.41, 5.74) is 3.75. The van der Waals surface area contributed by atoms with Crippen molar-refractivity contribution in [2.75, 3.05) is 19.6 Å². The third-order valence-electron chi connectivity index (χ3n) is 8.12. The molecule has 0 amide bonds. The van der Waals surface area contributed by atoms with Crippen LogP contribution in [0.4, 0.5) is 0 Å². The molecule has 1 N–H and O–H groups in total. The molecular weight excluding hydrogens is 460 g/mol. The fraction of sp³-hybridized carbons (Fsp3) is 0.444. The van der Waals surface area contributed by atoms with Crippen LogP contribution < -0.4 is 5.32 Å². The van der Waals surface area contributed by atoms with Gasteiger partial charge in [0.25, 0.3) is 0 Å². The van der Waals surface area contributed by atoms with E-state index in [0.717, 1.165) is 19.6 Å². The SMILES string of the molecule is CCCC/C=C/CCCCCCCC1CN(C(c2ccccc2)(c2ccccc2)c2ccccc2)CCN1. The number of benzene rings is 3. The molecule has 2 nitrogen and oxygen atoms in total. The van der Waals surface area contributed by atoms with Gasteiger partial charge in [0, 0.05) is 25.7 Å². The lowest BCUT2D eigenvalue weighted by molar-refractivity contribution is 0.107. The molecule has 3 aromatic carbocycles. The van der Waals surface area contributed by atoms with Crippen LogP contribution >= 0.6 is 0 Å². The summed E-state index contributed by atoms with van der Waals surface area (Å²) in [7, 11) is 0. The Morgan fingerprint density at radius 2 is 1.18 bits per heavy atom. The lowest BCUT2D eigenvalue weighted by atomic mass is 9.75. The molecule has 1 fully saturated rings. The number of nitrogens with one attached hydrogen (secondary N) is 1. The Hall–Kier alpha value is -2.68. The van der Waals surface area contributed by atoms with Crippen LogP contribution in [0.15, 0.2) is 103 Å². The average Bonchev–Trinajstić information content (AvgIpc) is 2.98. The molecule has 202 valence electrons. The van der Waals surface area contributed by atoms with Crippen molar-refractivity contribution >= 4 is 0 Å². The maximum atomic E-state index is 3.86. The van der Waals surface area contributed by atoms with Gasteiger partial charge in [-0.1, -0.05) is 149 Å². The molecule has 1 saturated heterocycles. The van der Waals surface area contributed by atoms with E-state index in [4.69, 9.17) is 0 Å². The van der Waals surface area contributed by atoms with Crippen LogP contribution in [0.3, 0.4) is 0 Å². The number of piperazine rings is 1. The summed E-state index contributed by atoms with van der Waals surface area (Å²) in [6.45, 7) is 5.38. The second-order valence-electron chi connectivity index (χ2n) is 10.9. The lowest BCUT2D eigenvalue weighted by Gasteiger charge is -2.49.